The second-order valence-electron chi connectivity index (χ2n) is 8.83. The van der Waals surface area contributed by atoms with Crippen LogP contribution in [0.1, 0.15) is 65.8 Å². The molecular formula is C25H30ClNO4. The molecule has 1 aromatic heterocycles. The lowest BCUT2D eigenvalue weighted by Gasteiger charge is -2.27. The lowest BCUT2D eigenvalue weighted by molar-refractivity contribution is -0.149. The third-order valence-corrected chi connectivity index (χ3v) is 7.12. The number of hydrogen-bond donors (Lipinski definition) is 0. The van der Waals surface area contributed by atoms with Gasteiger partial charge in [-0.25, -0.2) is 0 Å². The Morgan fingerprint density at radius 3 is 2.52 bits per heavy atom. The minimum absolute atomic E-state index is 0.163. The number of benzene rings is 1. The lowest BCUT2D eigenvalue weighted by Crippen LogP contribution is -2.35. The summed E-state index contributed by atoms with van der Waals surface area (Å²) < 4.78 is 13.5. The molecule has 2 aromatic rings. The van der Waals surface area contributed by atoms with Gasteiger partial charge in [-0.15, -0.1) is 0 Å². The van der Waals surface area contributed by atoms with Crippen molar-refractivity contribution in [2.24, 2.45) is 0 Å². The normalized spacial score (nSPS) is 20.2. The van der Waals surface area contributed by atoms with Gasteiger partial charge < -0.3 is 14.0 Å². The Labute approximate surface area is 188 Å². The molecule has 1 aliphatic carbocycles. The van der Waals surface area contributed by atoms with Gasteiger partial charge in [0, 0.05) is 35.1 Å². The van der Waals surface area contributed by atoms with Crippen molar-refractivity contribution in [2.75, 3.05) is 13.2 Å². The summed E-state index contributed by atoms with van der Waals surface area (Å²) in [4.78, 5) is 26.1. The lowest BCUT2D eigenvalue weighted by atomic mass is 9.79. The number of aryl methyl sites for hydroxylation is 1. The summed E-state index contributed by atoms with van der Waals surface area (Å²) in [5.41, 5.74) is 2.79. The average Bonchev–Trinajstić information content (AvgIpc) is 3.51. The van der Waals surface area contributed by atoms with E-state index in [4.69, 9.17) is 21.1 Å². The molecule has 1 saturated carbocycles. The van der Waals surface area contributed by atoms with Gasteiger partial charge >= 0.3 is 5.97 Å². The first kappa shape index (κ1) is 22.1. The molecule has 4 rings (SSSR count). The molecule has 0 amide bonds. The van der Waals surface area contributed by atoms with Crippen molar-refractivity contribution in [3.63, 3.8) is 0 Å². The van der Waals surface area contributed by atoms with E-state index in [1.54, 1.807) is 12.1 Å². The predicted molar refractivity (Wildman–Crippen MR) is 120 cm³/mol. The zero-order valence-corrected chi connectivity index (χ0v) is 19.0. The molecule has 2 heterocycles. The summed E-state index contributed by atoms with van der Waals surface area (Å²) in [5.74, 6) is -0.474. The maximum atomic E-state index is 13.1. The molecule has 2 fully saturated rings. The van der Waals surface area contributed by atoms with Crippen LogP contribution in [0, 0.1) is 13.8 Å². The SMILES string of the molecule is Cc1cc(C(=O)COC(=O)C2(c3ccc(Cl)cc3)CCCC2)c(C)n1CC1CCCO1. The van der Waals surface area contributed by atoms with Gasteiger partial charge in [0.1, 0.15) is 0 Å². The first-order valence-corrected chi connectivity index (χ1v) is 11.5. The monoisotopic (exact) mass is 443 g/mol. The van der Waals surface area contributed by atoms with Crippen LogP contribution in [0.2, 0.25) is 5.02 Å². The first-order valence-electron chi connectivity index (χ1n) is 11.2. The van der Waals surface area contributed by atoms with E-state index < -0.39 is 5.41 Å². The Morgan fingerprint density at radius 2 is 1.87 bits per heavy atom. The van der Waals surface area contributed by atoms with Gasteiger partial charge in [-0.3, -0.25) is 9.59 Å². The fraction of sp³-hybridized carbons (Fsp3) is 0.520. The van der Waals surface area contributed by atoms with E-state index in [1.807, 2.05) is 32.0 Å². The summed E-state index contributed by atoms with van der Waals surface area (Å²) in [6.45, 7) is 5.27. The highest BCUT2D eigenvalue weighted by Gasteiger charge is 2.44. The molecule has 0 radical (unpaired) electrons. The van der Waals surface area contributed by atoms with Gasteiger partial charge in [0.15, 0.2) is 6.61 Å². The van der Waals surface area contributed by atoms with Crippen LogP contribution in [0.3, 0.4) is 0 Å². The van der Waals surface area contributed by atoms with Crippen LogP contribution >= 0.6 is 11.6 Å². The van der Waals surface area contributed by atoms with E-state index in [9.17, 15) is 9.59 Å². The zero-order chi connectivity index (χ0) is 22.0. The van der Waals surface area contributed by atoms with E-state index in [2.05, 4.69) is 4.57 Å². The van der Waals surface area contributed by atoms with Crippen LogP contribution in [0.5, 0.6) is 0 Å². The standard InChI is InChI=1S/C25H30ClNO4/c1-17-14-22(18(2)27(17)15-21-6-5-13-30-21)23(28)16-31-24(29)25(11-3-4-12-25)19-7-9-20(26)10-8-19/h7-10,14,21H,3-6,11-13,15-16H2,1-2H3. The highest BCUT2D eigenvalue weighted by atomic mass is 35.5. The van der Waals surface area contributed by atoms with Crippen molar-refractivity contribution in [2.45, 2.75) is 70.4 Å². The van der Waals surface area contributed by atoms with Crippen LogP contribution in [0.15, 0.2) is 30.3 Å². The largest absolute Gasteiger partial charge is 0.457 e. The van der Waals surface area contributed by atoms with Gasteiger partial charge in [-0.1, -0.05) is 36.6 Å². The molecule has 0 bridgehead atoms. The third kappa shape index (κ3) is 4.44. The summed E-state index contributed by atoms with van der Waals surface area (Å²) in [6.07, 6.45) is 5.74. The Bertz CT molecular complexity index is 951. The summed E-state index contributed by atoms with van der Waals surface area (Å²) >= 11 is 6.03. The van der Waals surface area contributed by atoms with E-state index >= 15 is 0 Å². The average molecular weight is 444 g/mol. The number of ketones is 1. The molecule has 1 aliphatic heterocycles. The molecule has 1 atom stereocenters. The Morgan fingerprint density at radius 1 is 1.16 bits per heavy atom. The number of carbonyl (C=O) groups excluding carboxylic acids is 2. The van der Waals surface area contributed by atoms with Crippen molar-refractivity contribution >= 4 is 23.4 Å². The molecular weight excluding hydrogens is 414 g/mol. The Balaban J connectivity index is 1.45. The van der Waals surface area contributed by atoms with Crippen LogP contribution in [-0.4, -0.2) is 35.6 Å². The Kier molecular flexibility index (Phi) is 6.54. The number of hydrogen-bond acceptors (Lipinski definition) is 4. The number of Topliss-reactive ketones (excluding diaryl/α,β-unsaturated/α-hetero) is 1. The maximum Gasteiger partial charge on any atom is 0.317 e. The van der Waals surface area contributed by atoms with Crippen LogP contribution in [-0.2, 0) is 26.2 Å². The second kappa shape index (κ2) is 9.17. The highest BCUT2D eigenvalue weighted by molar-refractivity contribution is 6.30. The molecule has 166 valence electrons. The quantitative estimate of drug-likeness (QED) is 0.437. The van der Waals surface area contributed by atoms with Crippen molar-refractivity contribution < 1.29 is 19.1 Å². The molecule has 2 aliphatic rings. The smallest absolute Gasteiger partial charge is 0.317 e. The van der Waals surface area contributed by atoms with E-state index in [0.717, 1.165) is 68.6 Å². The second-order valence-corrected chi connectivity index (χ2v) is 9.26. The molecule has 6 heteroatoms. The number of ether oxygens (including phenoxy) is 2. The van der Waals surface area contributed by atoms with Gasteiger partial charge in [0.25, 0.3) is 0 Å². The number of halogens is 1. The summed E-state index contributed by atoms with van der Waals surface area (Å²) in [6, 6.07) is 9.30. The minimum atomic E-state index is -0.679. The van der Waals surface area contributed by atoms with Gasteiger partial charge in [-0.2, -0.15) is 0 Å². The van der Waals surface area contributed by atoms with E-state index in [1.165, 1.54) is 0 Å². The van der Waals surface area contributed by atoms with Crippen LogP contribution in [0.25, 0.3) is 0 Å². The third-order valence-electron chi connectivity index (χ3n) is 6.86. The topological polar surface area (TPSA) is 57.5 Å². The molecule has 1 saturated heterocycles. The van der Waals surface area contributed by atoms with Gasteiger partial charge in [-0.05, 0) is 63.3 Å². The predicted octanol–water partition coefficient (Wildman–Crippen LogP) is 5.18. The molecule has 1 unspecified atom stereocenters. The molecule has 5 nitrogen and oxygen atoms in total. The molecule has 1 aromatic carbocycles. The molecule has 0 N–H and O–H groups in total. The van der Waals surface area contributed by atoms with Gasteiger partial charge in [0.2, 0.25) is 5.78 Å². The van der Waals surface area contributed by atoms with Gasteiger partial charge in [0.05, 0.1) is 11.5 Å². The first-order chi connectivity index (χ1) is 14.9. The minimum Gasteiger partial charge on any atom is -0.457 e. The van der Waals surface area contributed by atoms with Crippen LogP contribution in [0.4, 0.5) is 0 Å². The van der Waals surface area contributed by atoms with Crippen molar-refractivity contribution in [1.29, 1.82) is 0 Å². The Hall–Kier alpha value is -2.11. The zero-order valence-electron chi connectivity index (χ0n) is 18.3. The van der Waals surface area contributed by atoms with E-state index in [-0.39, 0.29) is 24.5 Å². The molecule has 0 spiro atoms. The number of esters is 1. The van der Waals surface area contributed by atoms with E-state index in [0.29, 0.717) is 10.6 Å². The highest BCUT2D eigenvalue weighted by Crippen LogP contribution is 2.42. The number of rotatable bonds is 7. The molecule has 31 heavy (non-hydrogen) atoms. The van der Waals surface area contributed by atoms with Crippen molar-refractivity contribution in [3.8, 4) is 0 Å². The number of aromatic nitrogens is 1. The maximum absolute atomic E-state index is 13.1. The summed E-state index contributed by atoms with van der Waals surface area (Å²) in [7, 11) is 0. The number of carbonyl (C=O) groups is 2. The fourth-order valence-electron chi connectivity index (χ4n) is 5.06. The number of nitrogens with zero attached hydrogens (tertiary/aromatic N) is 1. The van der Waals surface area contributed by atoms with Crippen LogP contribution < -0.4 is 0 Å². The van der Waals surface area contributed by atoms with Crippen molar-refractivity contribution in [1.82, 2.24) is 4.57 Å². The van der Waals surface area contributed by atoms with Crippen molar-refractivity contribution in [3.05, 3.63) is 57.9 Å². The summed E-state index contributed by atoms with van der Waals surface area (Å²) in [5, 5.41) is 0.638. The fourth-order valence-corrected chi connectivity index (χ4v) is 5.19.